The summed E-state index contributed by atoms with van der Waals surface area (Å²) in [4.78, 5) is 17.4. The summed E-state index contributed by atoms with van der Waals surface area (Å²) in [6.45, 7) is 3.95. The fourth-order valence-corrected chi connectivity index (χ4v) is 3.89. The second-order valence-electron chi connectivity index (χ2n) is 7.40. The summed E-state index contributed by atoms with van der Waals surface area (Å²) < 4.78 is 3.52. The molecule has 3 aromatic heterocycles. The van der Waals surface area contributed by atoms with E-state index in [4.69, 9.17) is 5.10 Å². The summed E-state index contributed by atoms with van der Waals surface area (Å²) in [6.07, 6.45) is 0. The van der Waals surface area contributed by atoms with E-state index < -0.39 is 0 Å². The van der Waals surface area contributed by atoms with E-state index in [0.717, 1.165) is 44.9 Å². The fourth-order valence-electron chi connectivity index (χ4n) is 3.89. The molecule has 0 N–H and O–H groups in total. The summed E-state index contributed by atoms with van der Waals surface area (Å²) in [5.74, 6) is 0. The lowest BCUT2D eigenvalue weighted by molar-refractivity contribution is 0.850. The molecule has 0 amide bonds. The van der Waals surface area contributed by atoms with Crippen LogP contribution in [0.2, 0.25) is 0 Å². The predicted molar refractivity (Wildman–Crippen MR) is 116 cm³/mol. The maximum absolute atomic E-state index is 13.0. The van der Waals surface area contributed by atoms with Crippen LogP contribution in [0.4, 0.5) is 0 Å². The number of aryl methyl sites for hydroxylation is 3. The van der Waals surface area contributed by atoms with Gasteiger partial charge in [-0.15, -0.1) is 0 Å². The number of fused-ring (bicyclic) bond motifs is 3. The van der Waals surface area contributed by atoms with Crippen LogP contribution >= 0.6 is 0 Å². The van der Waals surface area contributed by atoms with Crippen LogP contribution < -0.4 is 5.56 Å². The Balaban J connectivity index is 1.82. The molecule has 5 rings (SSSR count). The van der Waals surface area contributed by atoms with Gasteiger partial charge in [0.05, 0.1) is 16.6 Å². The van der Waals surface area contributed by atoms with E-state index >= 15 is 0 Å². The number of rotatable bonds is 2. The Morgan fingerprint density at radius 3 is 2.24 bits per heavy atom. The zero-order valence-electron chi connectivity index (χ0n) is 16.5. The molecule has 142 valence electrons. The van der Waals surface area contributed by atoms with Gasteiger partial charge in [-0.3, -0.25) is 14.3 Å². The molecule has 5 heteroatoms. The third-order valence-corrected chi connectivity index (χ3v) is 5.28. The monoisotopic (exact) mass is 380 g/mol. The largest absolute Gasteiger partial charge is 0.296 e. The van der Waals surface area contributed by atoms with Crippen molar-refractivity contribution < 1.29 is 0 Å². The van der Waals surface area contributed by atoms with Crippen molar-refractivity contribution in [1.82, 2.24) is 19.2 Å². The highest BCUT2D eigenvalue weighted by Crippen LogP contribution is 2.26. The van der Waals surface area contributed by atoms with Gasteiger partial charge < -0.3 is 0 Å². The molecular weight excluding hydrogens is 360 g/mol. The maximum Gasteiger partial charge on any atom is 0.261 e. The Bertz CT molecular complexity index is 1430. The summed E-state index contributed by atoms with van der Waals surface area (Å²) in [7, 11) is 1.79. The van der Waals surface area contributed by atoms with Crippen LogP contribution in [0.1, 0.15) is 11.4 Å². The molecule has 0 fully saturated rings. The lowest BCUT2D eigenvalue weighted by atomic mass is 10.0. The van der Waals surface area contributed by atoms with Crippen molar-refractivity contribution >= 4 is 16.6 Å². The number of pyridine rings is 1. The van der Waals surface area contributed by atoms with Gasteiger partial charge in [-0.1, -0.05) is 36.4 Å². The number of benzene rings is 2. The molecule has 0 spiro atoms. The third-order valence-electron chi connectivity index (χ3n) is 5.28. The number of nitrogens with zero attached hydrogens (tertiary/aromatic N) is 4. The van der Waals surface area contributed by atoms with Crippen LogP contribution in [0.15, 0.2) is 71.5 Å². The third kappa shape index (κ3) is 2.83. The quantitative estimate of drug-likeness (QED) is 0.452. The molecule has 5 aromatic rings. The standard InChI is InChI=1S/C24H20N4O/c1-15-11-19(12-16(2)25-15)21-14-23-27(3)24(29)20-10-9-18(13-22(20)28(23)26-21)17-7-5-4-6-8-17/h4-14H,1-3H3. The first-order chi connectivity index (χ1) is 14.0. The fraction of sp³-hybridized carbons (Fsp3) is 0.125. The first kappa shape index (κ1) is 17.4. The smallest absolute Gasteiger partial charge is 0.261 e. The van der Waals surface area contributed by atoms with Gasteiger partial charge in [0.15, 0.2) is 0 Å². The van der Waals surface area contributed by atoms with Crippen LogP contribution in [0.5, 0.6) is 0 Å². The van der Waals surface area contributed by atoms with Crippen molar-refractivity contribution in [3.05, 3.63) is 88.5 Å². The molecule has 2 aromatic carbocycles. The normalized spacial score (nSPS) is 11.4. The van der Waals surface area contributed by atoms with E-state index in [-0.39, 0.29) is 5.56 Å². The summed E-state index contributed by atoms with van der Waals surface area (Å²) in [6, 6.07) is 22.1. The first-order valence-corrected chi connectivity index (χ1v) is 9.55. The minimum atomic E-state index is -0.0272. The van der Waals surface area contributed by atoms with Gasteiger partial charge in [0.1, 0.15) is 5.65 Å². The van der Waals surface area contributed by atoms with Crippen molar-refractivity contribution in [2.75, 3.05) is 0 Å². The minimum absolute atomic E-state index is 0.0272. The van der Waals surface area contributed by atoms with Crippen LogP contribution in [0.3, 0.4) is 0 Å². The molecule has 0 aliphatic heterocycles. The molecule has 0 aliphatic carbocycles. The van der Waals surface area contributed by atoms with Crippen molar-refractivity contribution in [2.24, 2.45) is 7.05 Å². The second-order valence-corrected chi connectivity index (χ2v) is 7.40. The molecule has 29 heavy (non-hydrogen) atoms. The molecular formula is C24H20N4O. The van der Waals surface area contributed by atoms with E-state index in [1.807, 2.05) is 73.0 Å². The topological polar surface area (TPSA) is 52.2 Å². The van der Waals surface area contributed by atoms with Crippen molar-refractivity contribution in [3.63, 3.8) is 0 Å². The first-order valence-electron chi connectivity index (χ1n) is 9.55. The summed E-state index contributed by atoms with van der Waals surface area (Å²) in [5.41, 5.74) is 7.42. The lowest BCUT2D eigenvalue weighted by Gasteiger charge is -2.08. The van der Waals surface area contributed by atoms with Gasteiger partial charge >= 0.3 is 0 Å². The van der Waals surface area contributed by atoms with Gasteiger partial charge in [-0.2, -0.15) is 5.10 Å². The van der Waals surface area contributed by atoms with Crippen LogP contribution in [0, 0.1) is 13.8 Å². The predicted octanol–water partition coefficient (Wildman–Crippen LogP) is 4.53. The maximum atomic E-state index is 13.0. The molecule has 0 bridgehead atoms. The van der Waals surface area contributed by atoms with Gasteiger partial charge in [0.2, 0.25) is 0 Å². The Morgan fingerprint density at radius 2 is 1.52 bits per heavy atom. The average molecular weight is 380 g/mol. The Labute approximate surface area is 167 Å². The molecule has 0 atom stereocenters. The SMILES string of the molecule is Cc1cc(-c2cc3n(C)c(=O)c4ccc(-c5ccccc5)cc4n3n2)cc(C)n1. The molecule has 0 radical (unpaired) electrons. The highest BCUT2D eigenvalue weighted by atomic mass is 16.1. The van der Waals surface area contributed by atoms with Crippen LogP contribution in [-0.4, -0.2) is 19.2 Å². The van der Waals surface area contributed by atoms with Gasteiger partial charge in [0, 0.05) is 30.1 Å². The molecule has 0 unspecified atom stereocenters. The number of hydrogen-bond acceptors (Lipinski definition) is 3. The number of hydrogen-bond donors (Lipinski definition) is 0. The summed E-state index contributed by atoms with van der Waals surface area (Å²) in [5, 5.41) is 5.51. The highest BCUT2D eigenvalue weighted by Gasteiger charge is 2.14. The van der Waals surface area contributed by atoms with E-state index in [1.54, 1.807) is 11.6 Å². The molecule has 5 nitrogen and oxygen atoms in total. The highest BCUT2D eigenvalue weighted by molar-refractivity contribution is 5.86. The van der Waals surface area contributed by atoms with E-state index in [0.29, 0.717) is 5.39 Å². The molecule has 0 aliphatic rings. The summed E-state index contributed by atoms with van der Waals surface area (Å²) >= 11 is 0. The zero-order valence-corrected chi connectivity index (χ0v) is 16.5. The Morgan fingerprint density at radius 1 is 0.793 bits per heavy atom. The van der Waals surface area contributed by atoms with Gasteiger partial charge in [0.25, 0.3) is 5.56 Å². The Hall–Kier alpha value is -3.73. The second kappa shape index (κ2) is 6.41. The molecule has 3 heterocycles. The van der Waals surface area contributed by atoms with E-state index in [9.17, 15) is 4.79 Å². The van der Waals surface area contributed by atoms with Crippen molar-refractivity contribution in [2.45, 2.75) is 13.8 Å². The molecule has 0 saturated carbocycles. The van der Waals surface area contributed by atoms with Crippen LogP contribution in [-0.2, 0) is 7.05 Å². The number of aromatic nitrogens is 4. The molecule has 0 saturated heterocycles. The van der Waals surface area contributed by atoms with Gasteiger partial charge in [-0.25, -0.2) is 4.52 Å². The van der Waals surface area contributed by atoms with E-state index in [2.05, 4.69) is 17.1 Å². The van der Waals surface area contributed by atoms with Gasteiger partial charge in [-0.05, 0) is 49.2 Å². The van der Waals surface area contributed by atoms with Crippen molar-refractivity contribution in [1.29, 1.82) is 0 Å². The Kier molecular flexibility index (Phi) is 3.84. The van der Waals surface area contributed by atoms with Crippen LogP contribution in [0.25, 0.3) is 38.9 Å². The average Bonchev–Trinajstić information content (AvgIpc) is 3.17. The van der Waals surface area contributed by atoms with E-state index in [1.165, 1.54) is 0 Å². The lowest BCUT2D eigenvalue weighted by Crippen LogP contribution is -2.19. The van der Waals surface area contributed by atoms with Crippen molar-refractivity contribution in [3.8, 4) is 22.4 Å². The minimum Gasteiger partial charge on any atom is -0.296 e. The zero-order chi connectivity index (χ0) is 20.1.